The van der Waals surface area contributed by atoms with Gasteiger partial charge in [-0.05, 0) is 0 Å². The molecule has 0 amide bonds. The van der Waals surface area contributed by atoms with Crippen molar-refractivity contribution >= 4 is 11.8 Å². The fourth-order valence-electron chi connectivity index (χ4n) is 0.893. The van der Waals surface area contributed by atoms with Gasteiger partial charge in [-0.25, -0.2) is 4.98 Å². The normalized spacial score (nSPS) is 9.21. The molecule has 1 rings (SSSR count). The lowest BCUT2D eigenvalue weighted by atomic mass is 10.3. The molecule has 0 atom stereocenters. The Morgan fingerprint density at radius 2 is 2.43 bits per heavy atom. The number of hydrogen-bond donors (Lipinski definition) is 3. The number of aromatic nitrogens is 2. The summed E-state index contributed by atoms with van der Waals surface area (Å²) in [5.41, 5.74) is 0.359. The van der Waals surface area contributed by atoms with E-state index in [2.05, 4.69) is 20.6 Å². The molecule has 0 aliphatic carbocycles. The minimum atomic E-state index is -0.0102. The standard InChI is InChI=1S/C8H11N5O/c1-10-8-12-5-6(4-9)7(13-8)11-2-3-14/h5,14H,2-3H2,1H3,(H2,10,11,12,13). The lowest BCUT2D eigenvalue weighted by molar-refractivity contribution is 0.311. The van der Waals surface area contributed by atoms with Crippen LogP contribution in [0.1, 0.15) is 5.56 Å². The van der Waals surface area contributed by atoms with E-state index in [4.69, 9.17) is 10.4 Å². The molecule has 14 heavy (non-hydrogen) atoms. The van der Waals surface area contributed by atoms with Crippen LogP contribution in [0.25, 0.3) is 0 Å². The summed E-state index contributed by atoms with van der Waals surface area (Å²) in [5, 5.41) is 22.9. The van der Waals surface area contributed by atoms with Crippen molar-refractivity contribution in [2.75, 3.05) is 30.8 Å². The van der Waals surface area contributed by atoms with Gasteiger partial charge in [0.1, 0.15) is 17.5 Å². The highest BCUT2D eigenvalue weighted by atomic mass is 16.3. The predicted octanol–water partition coefficient (Wildman–Crippen LogP) is -0.206. The van der Waals surface area contributed by atoms with Crippen molar-refractivity contribution in [1.29, 1.82) is 5.26 Å². The van der Waals surface area contributed by atoms with Crippen LogP contribution in [-0.2, 0) is 0 Å². The van der Waals surface area contributed by atoms with Crippen LogP contribution in [0.4, 0.5) is 11.8 Å². The summed E-state index contributed by atoms with van der Waals surface area (Å²) in [6.45, 7) is 0.346. The molecule has 0 radical (unpaired) electrons. The largest absolute Gasteiger partial charge is 0.395 e. The van der Waals surface area contributed by atoms with Crippen molar-refractivity contribution in [2.24, 2.45) is 0 Å². The van der Waals surface area contributed by atoms with E-state index >= 15 is 0 Å². The Balaban J connectivity index is 2.91. The quantitative estimate of drug-likeness (QED) is 0.612. The van der Waals surface area contributed by atoms with E-state index in [0.717, 1.165) is 0 Å². The minimum Gasteiger partial charge on any atom is -0.395 e. The number of nitrogens with zero attached hydrogens (tertiary/aromatic N) is 3. The molecule has 0 unspecified atom stereocenters. The molecule has 0 aromatic carbocycles. The first-order valence-electron chi connectivity index (χ1n) is 4.11. The Morgan fingerprint density at radius 3 is 3.00 bits per heavy atom. The van der Waals surface area contributed by atoms with Gasteiger partial charge in [-0.15, -0.1) is 0 Å². The third-order valence-electron chi connectivity index (χ3n) is 1.54. The molecule has 6 heteroatoms. The number of aliphatic hydroxyl groups is 1. The SMILES string of the molecule is CNc1ncc(C#N)c(NCCO)n1. The van der Waals surface area contributed by atoms with Gasteiger partial charge in [-0.2, -0.15) is 10.2 Å². The molecule has 6 nitrogen and oxygen atoms in total. The zero-order valence-corrected chi connectivity index (χ0v) is 7.78. The van der Waals surface area contributed by atoms with Gasteiger partial charge in [0.25, 0.3) is 0 Å². The van der Waals surface area contributed by atoms with Crippen LogP contribution in [-0.4, -0.2) is 35.3 Å². The second-order valence-electron chi connectivity index (χ2n) is 2.47. The first-order valence-corrected chi connectivity index (χ1v) is 4.11. The topological polar surface area (TPSA) is 93.9 Å². The number of rotatable bonds is 4. The summed E-state index contributed by atoms with van der Waals surface area (Å²) in [6, 6.07) is 1.96. The van der Waals surface area contributed by atoms with Gasteiger partial charge >= 0.3 is 0 Å². The van der Waals surface area contributed by atoms with Gasteiger partial charge in [0.05, 0.1) is 12.8 Å². The summed E-state index contributed by atoms with van der Waals surface area (Å²) < 4.78 is 0. The van der Waals surface area contributed by atoms with Crippen LogP contribution in [0.2, 0.25) is 0 Å². The van der Waals surface area contributed by atoms with E-state index in [1.54, 1.807) is 7.05 Å². The highest BCUT2D eigenvalue weighted by molar-refractivity contribution is 5.53. The van der Waals surface area contributed by atoms with Gasteiger partial charge in [0.2, 0.25) is 5.95 Å². The molecule has 0 fully saturated rings. The Labute approximate surface area is 81.6 Å². The highest BCUT2D eigenvalue weighted by Crippen LogP contribution is 2.11. The lowest BCUT2D eigenvalue weighted by Gasteiger charge is -2.06. The first kappa shape index (κ1) is 10.2. The fourth-order valence-corrected chi connectivity index (χ4v) is 0.893. The summed E-state index contributed by atoms with van der Waals surface area (Å²) in [5.74, 6) is 0.866. The van der Waals surface area contributed by atoms with E-state index < -0.39 is 0 Å². The zero-order chi connectivity index (χ0) is 10.4. The Hall–Kier alpha value is -1.87. The number of nitrogens with one attached hydrogen (secondary N) is 2. The molecule has 1 aromatic rings. The smallest absolute Gasteiger partial charge is 0.224 e. The third-order valence-corrected chi connectivity index (χ3v) is 1.54. The second-order valence-corrected chi connectivity index (χ2v) is 2.47. The highest BCUT2D eigenvalue weighted by Gasteiger charge is 2.04. The van der Waals surface area contributed by atoms with Crippen LogP contribution in [0, 0.1) is 11.3 Å². The van der Waals surface area contributed by atoms with Gasteiger partial charge in [-0.1, -0.05) is 0 Å². The molecule has 3 N–H and O–H groups in total. The molecule has 0 aliphatic heterocycles. The summed E-state index contributed by atoms with van der Waals surface area (Å²) in [7, 11) is 1.69. The van der Waals surface area contributed by atoms with Crippen molar-refractivity contribution in [1.82, 2.24) is 9.97 Å². The first-order chi connectivity index (χ1) is 6.81. The molecule has 0 saturated heterocycles. The molecular weight excluding hydrogens is 182 g/mol. The van der Waals surface area contributed by atoms with Gasteiger partial charge in [-0.3, -0.25) is 0 Å². The second kappa shape index (κ2) is 4.99. The van der Waals surface area contributed by atoms with Crippen molar-refractivity contribution < 1.29 is 5.11 Å². The minimum absolute atomic E-state index is 0.0102. The Bertz CT molecular complexity index is 346. The van der Waals surface area contributed by atoms with Crippen LogP contribution < -0.4 is 10.6 Å². The van der Waals surface area contributed by atoms with Crippen LogP contribution >= 0.6 is 0 Å². The number of hydrogen-bond acceptors (Lipinski definition) is 6. The number of aliphatic hydroxyl groups excluding tert-OH is 1. The molecule has 0 saturated carbocycles. The zero-order valence-electron chi connectivity index (χ0n) is 7.78. The summed E-state index contributed by atoms with van der Waals surface area (Å²) in [6.07, 6.45) is 1.43. The molecule has 1 aromatic heterocycles. The number of anilines is 2. The molecule has 0 bridgehead atoms. The third kappa shape index (κ3) is 2.31. The molecule has 74 valence electrons. The van der Waals surface area contributed by atoms with Gasteiger partial charge in [0, 0.05) is 13.6 Å². The molecule has 0 spiro atoms. The molecule has 1 heterocycles. The number of nitriles is 1. The molecule has 0 aliphatic rings. The van der Waals surface area contributed by atoms with E-state index in [1.807, 2.05) is 6.07 Å². The van der Waals surface area contributed by atoms with E-state index in [1.165, 1.54) is 6.20 Å². The fraction of sp³-hybridized carbons (Fsp3) is 0.375. The Morgan fingerprint density at radius 1 is 1.64 bits per heavy atom. The van der Waals surface area contributed by atoms with Crippen molar-refractivity contribution in [3.05, 3.63) is 11.8 Å². The van der Waals surface area contributed by atoms with Crippen molar-refractivity contribution in [3.63, 3.8) is 0 Å². The van der Waals surface area contributed by atoms with Crippen LogP contribution in [0.15, 0.2) is 6.20 Å². The van der Waals surface area contributed by atoms with E-state index in [0.29, 0.717) is 23.9 Å². The van der Waals surface area contributed by atoms with E-state index in [-0.39, 0.29) is 6.61 Å². The maximum Gasteiger partial charge on any atom is 0.224 e. The van der Waals surface area contributed by atoms with Crippen molar-refractivity contribution in [2.45, 2.75) is 0 Å². The maximum absolute atomic E-state index is 8.73. The summed E-state index contributed by atoms with van der Waals surface area (Å²) >= 11 is 0. The van der Waals surface area contributed by atoms with Crippen LogP contribution in [0.3, 0.4) is 0 Å². The Kier molecular flexibility index (Phi) is 3.64. The molecular formula is C8H11N5O. The summed E-state index contributed by atoms with van der Waals surface area (Å²) in [4.78, 5) is 7.92. The van der Waals surface area contributed by atoms with E-state index in [9.17, 15) is 0 Å². The monoisotopic (exact) mass is 193 g/mol. The maximum atomic E-state index is 8.73. The van der Waals surface area contributed by atoms with Gasteiger partial charge in [0.15, 0.2) is 0 Å². The van der Waals surface area contributed by atoms with Crippen LogP contribution in [0.5, 0.6) is 0 Å². The lowest BCUT2D eigenvalue weighted by Crippen LogP contribution is -2.10. The van der Waals surface area contributed by atoms with Crippen molar-refractivity contribution in [3.8, 4) is 6.07 Å². The van der Waals surface area contributed by atoms with Gasteiger partial charge < -0.3 is 15.7 Å². The average molecular weight is 193 g/mol. The average Bonchev–Trinajstić information content (AvgIpc) is 2.25. The predicted molar refractivity (Wildman–Crippen MR) is 51.9 cm³/mol.